The predicted molar refractivity (Wildman–Crippen MR) is 123 cm³/mol. The number of hydrogen-bond acceptors (Lipinski definition) is 5. The number of anilines is 1. The Kier molecular flexibility index (Phi) is 6.00. The van der Waals surface area contributed by atoms with Gasteiger partial charge >= 0.3 is 0 Å². The normalized spacial score (nSPS) is 22.6. The minimum atomic E-state index is -0.324. The summed E-state index contributed by atoms with van der Waals surface area (Å²) in [6.45, 7) is 3.38. The smallest absolute Gasteiger partial charge is 0.250 e. The second-order valence-electron chi connectivity index (χ2n) is 8.68. The zero-order valence-corrected chi connectivity index (χ0v) is 18.4. The van der Waals surface area contributed by atoms with Crippen LogP contribution >= 0.6 is 0 Å². The van der Waals surface area contributed by atoms with E-state index in [4.69, 9.17) is 0 Å². The van der Waals surface area contributed by atoms with Gasteiger partial charge in [-0.05, 0) is 36.2 Å². The number of carbonyl (C=O) groups excluding carboxylic acids is 2. The average Bonchev–Trinajstić information content (AvgIpc) is 3.30. The largest absolute Gasteiger partial charge is 0.368 e. The third-order valence-corrected chi connectivity index (χ3v) is 6.67. The summed E-state index contributed by atoms with van der Waals surface area (Å²) in [5, 5.41) is 1.82. The fourth-order valence-corrected chi connectivity index (χ4v) is 4.76. The number of benzene rings is 2. The maximum absolute atomic E-state index is 13.2. The van der Waals surface area contributed by atoms with Crippen molar-refractivity contribution >= 4 is 17.5 Å². The second-order valence-corrected chi connectivity index (χ2v) is 8.68. The first kappa shape index (κ1) is 21.5. The van der Waals surface area contributed by atoms with E-state index in [9.17, 15) is 14.0 Å². The number of hydrazine groups is 1. The van der Waals surface area contributed by atoms with Gasteiger partial charge in [-0.3, -0.25) is 9.59 Å². The van der Waals surface area contributed by atoms with Gasteiger partial charge in [0.05, 0.1) is 6.04 Å². The van der Waals surface area contributed by atoms with Gasteiger partial charge in [0.25, 0.3) is 5.91 Å². The molecule has 0 bridgehead atoms. The van der Waals surface area contributed by atoms with E-state index in [1.165, 1.54) is 17.8 Å². The Morgan fingerprint density at radius 2 is 1.70 bits per heavy atom. The van der Waals surface area contributed by atoms with Crippen molar-refractivity contribution in [2.75, 3.05) is 37.6 Å². The Bertz CT molecular complexity index is 1020. The van der Waals surface area contributed by atoms with Crippen molar-refractivity contribution in [3.05, 3.63) is 78.4 Å². The lowest BCUT2D eigenvalue weighted by atomic mass is 10.0. The third kappa shape index (κ3) is 4.57. The first-order valence-electron chi connectivity index (χ1n) is 11.4. The molecule has 2 aromatic carbocycles. The molecule has 8 heteroatoms. The van der Waals surface area contributed by atoms with Gasteiger partial charge in [0, 0.05) is 57.2 Å². The van der Waals surface area contributed by atoms with Crippen LogP contribution < -0.4 is 10.3 Å². The molecule has 2 fully saturated rings. The Balaban J connectivity index is 1.12. The number of amides is 2. The SMILES string of the molecule is O=C1C2CC(c3ccc(F)cc3)NN2C=CN1CCC(=O)N1CCN(c2ccccc2)CC1. The highest BCUT2D eigenvalue weighted by Gasteiger charge is 2.40. The zero-order valence-electron chi connectivity index (χ0n) is 18.4. The summed E-state index contributed by atoms with van der Waals surface area (Å²) in [6, 6.07) is 16.2. The summed E-state index contributed by atoms with van der Waals surface area (Å²) in [4.78, 5) is 31.6. The van der Waals surface area contributed by atoms with E-state index in [1.54, 1.807) is 23.2 Å². The third-order valence-electron chi connectivity index (χ3n) is 6.67. The molecule has 0 aliphatic carbocycles. The van der Waals surface area contributed by atoms with Crippen molar-refractivity contribution in [2.24, 2.45) is 0 Å². The Labute approximate surface area is 193 Å². The van der Waals surface area contributed by atoms with Crippen molar-refractivity contribution in [2.45, 2.75) is 24.9 Å². The molecule has 2 aromatic rings. The lowest BCUT2D eigenvalue weighted by molar-refractivity contribution is -0.136. The molecule has 172 valence electrons. The number of nitrogens with zero attached hydrogens (tertiary/aromatic N) is 4. The highest BCUT2D eigenvalue weighted by Crippen LogP contribution is 2.31. The van der Waals surface area contributed by atoms with Crippen LogP contribution in [0.4, 0.5) is 10.1 Å². The predicted octanol–water partition coefficient (Wildman–Crippen LogP) is 2.50. The fraction of sp³-hybridized carbons (Fsp3) is 0.360. The summed E-state index contributed by atoms with van der Waals surface area (Å²) < 4.78 is 13.2. The van der Waals surface area contributed by atoms with Gasteiger partial charge in [-0.15, -0.1) is 0 Å². The molecule has 2 saturated heterocycles. The molecule has 0 saturated carbocycles. The van der Waals surface area contributed by atoms with Crippen LogP contribution in [0.3, 0.4) is 0 Å². The molecule has 2 atom stereocenters. The summed E-state index contributed by atoms with van der Waals surface area (Å²) >= 11 is 0. The van der Waals surface area contributed by atoms with Crippen LogP contribution in [-0.2, 0) is 9.59 Å². The van der Waals surface area contributed by atoms with Crippen molar-refractivity contribution in [3.8, 4) is 0 Å². The van der Waals surface area contributed by atoms with E-state index < -0.39 is 0 Å². The Morgan fingerprint density at radius 1 is 0.970 bits per heavy atom. The Hall–Kier alpha value is -3.39. The standard InChI is InChI=1S/C25H28FN5O2/c26-20-8-6-19(7-9-20)22-18-23-25(33)30(16-17-31(23)27-22)11-10-24(32)29-14-12-28(13-15-29)21-4-2-1-3-5-21/h1-9,16-17,22-23,27H,10-15,18H2. The molecule has 0 radical (unpaired) electrons. The summed E-state index contributed by atoms with van der Waals surface area (Å²) in [5.74, 6) is -0.209. The molecule has 5 rings (SSSR count). The lowest BCUT2D eigenvalue weighted by Gasteiger charge is -2.36. The molecule has 3 aliphatic heterocycles. The molecule has 1 N–H and O–H groups in total. The first-order chi connectivity index (χ1) is 16.1. The second kappa shape index (κ2) is 9.23. The van der Waals surface area contributed by atoms with E-state index in [0.717, 1.165) is 18.7 Å². The molecule has 0 aromatic heterocycles. The van der Waals surface area contributed by atoms with Gasteiger partial charge in [-0.1, -0.05) is 30.3 Å². The summed E-state index contributed by atoms with van der Waals surface area (Å²) in [5.41, 5.74) is 5.44. The minimum absolute atomic E-state index is 0.0173. The molecular weight excluding hydrogens is 421 g/mol. The van der Waals surface area contributed by atoms with E-state index in [-0.39, 0.29) is 29.7 Å². The fourth-order valence-electron chi connectivity index (χ4n) is 4.76. The van der Waals surface area contributed by atoms with Gasteiger partial charge in [0.1, 0.15) is 11.9 Å². The first-order valence-corrected chi connectivity index (χ1v) is 11.4. The van der Waals surface area contributed by atoms with Crippen LogP contribution in [0.15, 0.2) is 67.0 Å². The average molecular weight is 450 g/mol. The van der Waals surface area contributed by atoms with Gasteiger partial charge in [0.2, 0.25) is 5.91 Å². The number of rotatable bonds is 5. The zero-order chi connectivity index (χ0) is 22.8. The molecular formula is C25H28FN5O2. The van der Waals surface area contributed by atoms with Crippen LogP contribution in [0.2, 0.25) is 0 Å². The van der Waals surface area contributed by atoms with Crippen LogP contribution in [0.1, 0.15) is 24.4 Å². The maximum Gasteiger partial charge on any atom is 0.250 e. The number of nitrogens with one attached hydrogen (secondary N) is 1. The van der Waals surface area contributed by atoms with Gasteiger partial charge in [-0.2, -0.15) is 0 Å². The molecule has 2 amide bonds. The van der Waals surface area contributed by atoms with E-state index in [0.29, 0.717) is 32.5 Å². The number of halogens is 1. The van der Waals surface area contributed by atoms with Crippen LogP contribution in [0, 0.1) is 5.82 Å². The highest BCUT2D eigenvalue weighted by atomic mass is 19.1. The van der Waals surface area contributed by atoms with E-state index in [2.05, 4.69) is 22.5 Å². The van der Waals surface area contributed by atoms with E-state index >= 15 is 0 Å². The quantitative estimate of drug-likeness (QED) is 0.760. The number of para-hydroxylation sites is 1. The lowest BCUT2D eigenvalue weighted by Crippen LogP contribution is -2.50. The van der Waals surface area contributed by atoms with Crippen LogP contribution in [0.25, 0.3) is 0 Å². The number of piperazine rings is 1. The van der Waals surface area contributed by atoms with Crippen LogP contribution in [0.5, 0.6) is 0 Å². The van der Waals surface area contributed by atoms with Crippen molar-refractivity contribution < 1.29 is 14.0 Å². The molecule has 33 heavy (non-hydrogen) atoms. The molecule has 7 nitrogen and oxygen atoms in total. The maximum atomic E-state index is 13.2. The molecule has 2 unspecified atom stereocenters. The summed E-state index contributed by atoms with van der Waals surface area (Å²) in [7, 11) is 0. The molecule has 3 aliphatic rings. The number of fused-ring (bicyclic) bond motifs is 1. The molecule has 3 heterocycles. The van der Waals surface area contributed by atoms with E-state index in [1.807, 2.05) is 34.3 Å². The minimum Gasteiger partial charge on any atom is -0.368 e. The van der Waals surface area contributed by atoms with Crippen LogP contribution in [-0.4, -0.2) is 65.4 Å². The highest BCUT2D eigenvalue weighted by molar-refractivity contribution is 5.85. The van der Waals surface area contributed by atoms with Gasteiger partial charge in [-0.25, -0.2) is 9.82 Å². The molecule has 0 spiro atoms. The number of carbonyl (C=O) groups is 2. The van der Waals surface area contributed by atoms with Crippen molar-refractivity contribution in [1.29, 1.82) is 0 Å². The van der Waals surface area contributed by atoms with Crippen molar-refractivity contribution in [3.63, 3.8) is 0 Å². The Morgan fingerprint density at radius 3 is 2.42 bits per heavy atom. The van der Waals surface area contributed by atoms with Crippen molar-refractivity contribution in [1.82, 2.24) is 20.2 Å². The topological polar surface area (TPSA) is 59.1 Å². The monoisotopic (exact) mass is 449 g/mol. The number of hydrogen-bond donors (Lipinski definition) is 1. The van der Waals surface area contributed by atoms with Gasteiger partial charge < -0.3 is 19.7 Å². The summed E-state index contributed by atoms with van der Waals surface area (Å²) in [6.07, 6.45) is 4.49. The van der Waals surface area contributed by atoms with Gasteiger partial charge in [0.15, 0.2) is 0 Å².